The molecule has 0 unspecified atom stereocenters. The van der Waals surface area contributed by atoms with E-state index in [4.69, 9.17) is 0 Å². The maximum Gasteiger partial charge on any atom is 0.250 e. The lowest BCUT2D eigenvalue weighted by Crippen LogP contribution is -2.19. The van der Waals surface area contributed by atoms with Crippen molar-refractivity contribution in [1.29, 1.82) is 0 Å². The molecule has 0 N–H and O–H groups in total. The van der Waals surface area contributed by atoms with Crippen LogP contribution in [0.3, 0.4) is 0 Å². The molecule has 0 spiro atoms. The SMILES string of the molecule is CCCn1cc(-n2cc(-c3cnc(CC(C)(C)C)cc3F)cn2)ccc1=O. The van der Waals surface area contributed by atoms with Crippen LogP contribution in [-0.2, 0) is 13.0 Å². The van der Waals surface area contributed by atoms with Crippen molar-refractivity contribution >= 4 is 0 Å². The molecule has 3 aromatic rings. The van der Waals surface area contributed by atoms with E-state index in [9.17, 15) is 9.18 Å². The molecule has 0 bridgehead atoms. The molecule has 27 heavy (non-hydrogen) atoms. The largest absolute Gasteiger partial charge is 0.313 e. The van der Waals surface area contributed by atoms with Gasteiger partial charge in [-0.3, -0.25) is 9.78 Å². The van der Waals surface area contributed by atoms with Crippen LogP contribution in [0.1, 0.15) is 39.8 Å². The summed E-state index contributed by atoms with van der Waals surface area (Å²) in [7, 11) is 0. The van der Waals surface area contributed by atoms with Crippen LogP contribution >= 0.6 is 0 Å². The standard InChI is InChI=1S/C21H25FN4O/c1-5-8-25-14-17(6-7-20(25)27)26-13-15(11-24-26)18-12-23-16(9-19(18)22)10-21(2,3)4/h6-7,9,11-14H,5,8,10H2,1-4H3. The number of aryl methyl sites for hydroxylation is 1. The number of hydrogen-bond acceptors (Lipinski definition) is 3. The number of aromatic nitrogens is 4. The van der Waals surface area contributed by atoms with Gasteiger partial charge in [0.1, 0.15) is 5.82 Å². The van der Waals surface area contributed by atoms with Crippen LogP contribution in [0.25, 0.3) is 16.8 Å². The lowest BCUT2D eigenvalue weighted by atomic mass is 9.90. The molecule has 0 saturated heterocycles. The van der Waals surface area contributed by atoms with Gasteiger partial charge < -0.3 is 4.57 Å². The molecule has 5 nitrogen and oxygen atoms in total. The van der Waals surface area contributed by atoms with Crippen molar-refractivity contribution in [1.82, 2.24) is 19.3 Å². The van der Waals surface area contributed by atoms with Crippen LogP contribution in [0.15, 0.2) is 47.8 Å². The quantitative estimate of drug-likeness (QED) is 0.677. The van der Waals surface area contributed by atoms with Gasteiger partial charge in [-0.25, -0.2) is 9.07 Å². The predicted molar refractivity (Wildman–Crippen MR) is 104 cm³/mol. The monoisotopic (exact) mass is 368 g/mol. The number of pyridine rings is 2. The summed E-state index contributed by atoms with van der Waals surface area (Å²) in [6, 6.07) is 4.74. The first-order valence-electron chi connectivity index (χ1n) is 9.17. The second-order valence-corrected chi connectivity index (χ2v) is 7.99. The van der Waals surface area contributed by atoms with Crippen molar-refractivity contribution in [3.05, 3.63) is 64.9 Å². The van der Waals surface area contributed by atoms with Gasteiger partial charge in [0.15, 0.2) is 0 Å². The molecule has 0 aliphatic heterocycles. The van der Waals surface area contributed by atoms with Crippen molar-refractivity contribution in [3.8, 4) is 16.8 Å². The van der Waals surface area contributed by atoms with E-state index in [0.29, 0.717) is 24.1 Å². The van der Waals surface area contributed by atoms with Crippen molar-refractivity contribution < 1.29 is 4.39 Å². The third-order valence-electron chi connectivity index (χ3n) is 4.21. The van der Waals surface area contributed by atoms with Gasteiger partial charge >= 0.3 is 0 Å². The minimum absolute atomic E-state index is 0.0438. The van der Waals surface area contributed by atoms with E-state index in [1.165, 1.54) is 12.1 Å². The molecule has 0 radical (unpaired) electrons. The highest BCUT2D eigenvalue weighted by Crippen LogP contribution is 2.25. The topological polar surface area (TPSA) is 52.7 Å². The molecule has 3 aromatic heterocycles. The van der Waals surface area contributed by atoms with Crippen molar-refractivity contribution in [3.63, 3.8) is 0 Å². The van der Waals surface area contributed by atoms with Crippen LogP contribution in [0.4, 0.5) is 4.39 Å². The summed E-state index contributed by atoms with van der Waals surface area (Å²) in [5, 5.41) is 4.32. The molecule has 0 saturated carbocycles. The minimum Gasteiger partial charge on any atom is -0.313 e. The normalized spacial score (nSPS) is 11.7. The minimum atomic E-state index is -0.306. The van der Waals surface area contributed by atoms with E-state index in [1.54, 1.807) is 40.1 Å². The Hall–Kier alpha value is -2.76. The third kappa shape index (κ3) is 4.51. The zero-order chi connectivity index (χ0) is 19.6. The van der Waals surface area contributed by atoms with Gasteiger partial charge in [-0.15, -0.1) is 0 Å². The lowest BCUT2D eigenvalue weighted by molar-refractivity contribution is 0.405. The molecule has 6 heteroatoms. The number of halogens is 1. The highest BCUT2D eigenvalue weighted by atomic mass is 19.1. The smallest absolute Gasteiger partial charge is 0.250 e. The number of nitrogens with zero attached hydrogens (tertiary/aromatic N) is 4. The first-order chi connectivity index (χ1) is 12.8. The summed E-state index contributed by atoms with van der Waals surface area (Å²) in [6.07, 6.45) is 8.27. The van der Waals surface area contributed by atoms with E-state index in [1.807, 2.05) is 6.92 Å². The molecule has 0 aliphatic carbocycles. The average molecular weight is 368 g/mol. The fourth-order valence-electron chi connectivity index (χ4n) is 3.00. The Labute approximate surface area is 158 Å². The molecule has 0 atom stereocenters. The van der Waals surface area contributed by atoms with Gasteiger partial charge in [-0.2, -0.15) is 5.10 Å². The highest BCUT2D eigenvalue weighted by Gasteiger charge is 2.15. The molecular weight excluding hydrogens is 343 g/mol. The maximum absolute atomic E-state index is 14.6. The van der Waals surface area contributed by atoms with E-state index < -0.39 is 0 Å². The summed E-state index contributed by atoms with van der Waals surface area (Å²) < 4.78 is 17.9. The van der Waals surface area contributed by atoms with E-state index in [0.717, 1.165) is 17.8 Å². The molecule has 0 fully saturated rings. The Balaban J connectivity index is 1.90. The summed E-state index contributed by atoms with van der Waals surface area (Å²) in [5.74, 6) is -0.306. The highest BCUT2D eigenvalue weighted by molar-refractivity contribution is 5.62. The summed E-state index contributed by atoms with van der Waals surface area (Å²) in [5.41, 5.74) is 2.57. The molecule has 0 aliphatic rings. The predicted octanol–water partition coefficient (Wildman–Crippen LogP) is 4.23. The molecule has 142 valence electrons. The molecule has 3 rings (SSSR count). The van der Waals surface area contributed by atoms with Crippen LogP contribution in [0, 0.1) is 11.2 Å². The first-order valence-corrected chi connectivity index (χ1v) is 9.17. The van der Waals surface area contributed by atoms with Gasteiger partial charge in [-0.05, 0) is 30.4 Å². The second kappa shape index (κ2) is 7.47. The second-order valence-electron chi connectivity index (χ2n) is 7.99. The summed E-state index contributed by atoms with van der Waals surface area (Å²) in [4.78, 5) is 16.3. The zero-order valence-corrected chi connectivity index (χ0v) is 16.2. The number of hydrogen-bond donors (Lipinski definition) is 0. The fraction of sp³-hybridized carbons (Fsp3) is 0.381. The first kappa shape index (κ1) is 19.0. The Morgan fingerprint density at radius 1 is 1.15 bits per heavy atom. The van der Waals surface area contributed by atoms with E-state index in [2.05, 4.69) is 30.9 Å². The molecule has 0 aromatic carbocycles. The van der Waals surface area contributed by atoms with Crippen LogP contribution < -0.4 is 5.56 Å². The number of rotatable bonds is 5. The van der Waals surface area contributed by atoms with Crippen LogP contribution in [-0.4, -0.2) is 19.3 Å². The maximum atomic E-state index is 14.6. The van der Waals surface area contributed by atoms with Gasteiger partial charge in [0.2, 0.25) is 0 Å². The van der Waals surface area contributed by atoms with Crippen molar-refractivity contribution in [2.24, 2.45) is 5.41 Å². The van der Waals surface area contributed by atoms with Gasteiger partial charge in [0, 0.05) is 48.0 Å². The Bertz CT molecular complexity index is 998. The molecule has 3 heterocycles. The van der Waals surface area contributed by atoms with Gasteiger partial charge in [0.25, 0.3) is 5.56 Å². The van der Waals surface area contributed by atoms with Crippen LogP contribution in [0.5, 0.6) is 0 Å². The van der Waals surface area contributed by atoms with Gasteiger partial charge in [-0.1, -0.05) is 27.7 Å². The average Bonchev–Trinajstić information content (AvgIpc) is 3.05. The fourth-order valence-corrected chi connectivity index (χ4v) is 3.00. The van der Waals surface area contributed by atoms with Crippen molar-refractivity contribution in [2.45, 2.75) is 47.1 Å². The third-order valence-corrected chi connectivity index (χ3v) is 4.21. The Morgan fingerprint density at radius 2 is 1.93 bits per heavy atom. The van der Waals surface area contributed by atoms with E-state index >= 15 is 0 Å². The van der Waals surface area contributed by atoms with Crippen LogP contribution in [0.2, 0.25) is 0 Å². The molecule has 0 amide bonds. The summed E-state index contributed by atoms with van der Waals surface area (Å²) in [6.45, 7) is 8.96. The lowest BCUT2D eigenvalue weighted by Gasteiger charge is -2.17. The summed E-state index contributed by atoms with van der Waals surface area (Å²) >= 11 is 0. The Kier molecular flexibility index (Phi) is 5.26. The Morgan fingerprint density at radius 3 is 2.59 bits per heavy atom. The van der Waals surface area contributed by atoms with E-state index in [-0.39, 0.29) is 16.8 Å². The zero-order valence-electron chi connectivity index (χ0n) is 16.2. The molecular formula is C21H25FN4O. The van der Waals surface area contributed by atoms with Gasteiger partial charge in [0.05, 0.1) is 11.9 Å². The van der Waals surface area contributed by atoms with Crippen molar-refractivity contribution in [2.75, 3.05) is 0 Å².